The van der Waals surface area contributed by atoms with Crippen LogP contribution in [0.25, 0.3) is 0 Å². The van der Waals surface area contributed by atoms with Crippen molar-refractivity contribution in [3.63, 3.8) is 0 Å². The van der Waals surface area contributed by atoms with Gasteiger partial charge >= 0.3 is 0 Å². The Balaban J connectivity index is 1.66. The summed E-state index contributed by atoms with van der Waals surface area (Å²) in [5.74, 6) is 0.989. The number of amides is 1. The van der Waals surface area contributed by atoms with E-state index in [4.69, 9.17) is 16.3 Å². The first-order valence-corrected chi connectivity index (χ1v) is 9.53. The van der Waals surface area contributed by atoms with Gasteiger partial charge in [0, 0.05) is 9.90 Å². The van der Waals surface area contributed by atoms with E-state index in [1.54, 1.807) is 24.3 Å². The van der Waals surface area contributed by atoms with Crippen LogP contribution in [0.4, 0.5) is 5.00 Å². The highest BCUT2D eigenvalue weighted by atomic mass is 35.5. The van der Waals surface area contributed by atoms with E-state index in [-0.39, 0.29) is 12.5 Å². The molecule has 0 unspecified atom stereocenters. The molecule has 0 fully saturated rings. The first-order valence-electron chi connectivity index (χ1n) is 8.33. The molecule has 2 aromatic rings. The van der Waals surface area contributed by atoms with Crippen molar-refractivity contribution in [1.82, 2.24) is 0 Å². The Bertz CT molecular complexity index is 808. The summed E-state index contributed by atoms with van der Waals surface area (Å²) < 4.78 is 5.46. The topological polar surface area (TPSA) is 62.1 Å². The number of halogens is 1. The van der Waals surface area contributed by atoms with Crippen LogP contribution in [-0.4, -0.2) is 12.5 Å². The van der Waals surface area contributed by atoms with Crippen LogP contribution in [-0.2, 0) is 17.6 Å². The lowest BCUT2D eigenvalue weighted by Gasteiger charge is -2.20. The number of nitrogens with one attached hydrogen (secondary N) is 1. The molecule has 25 heavy (non-hydrogen) atoms. The normalized spacial score (nSPS) is 16.0. The highest BCUT2D eigenvalue weighted by molar-refractivity contribution is 7.16. The van der Waals surface area contributed by atoms with Gasteiger partial charge in [-0.15, -0.1) is 11.3 Å². The molecule has 1 heterocycles. The highest BCUT2D eigenvalue weighted by Crippen LogP contribution is 2.39. The molecule has 1 amide bonds. The fraction of sp³-hybridized carbons (Fsp3) is 0.368. The van der Waals surface area contributed by atoms with Crippen molar-refractivity contribution in [2.24, 2.45) is 5.92 Å². The number of carbonyl (C=O) groups is 1. The summed E-state index contributed by atoms with van der Waals surface area (Å²) in [5, 5.41) is 13.6. The predicted octanol–water partition coefficient (Wildman–Crippen LogP) is 4.81. The second-order valence-corrected chi connectivity index (χ2v) is 7.67. The number of carbonyl (C=O) groups excluding carboxylic acids is 1. The van der Waals surface area contributed by atoms with Crippen molar-refractivity contribution < 1.29 is 9.53 Å². The number of fused-ring (bicyclic) bond motifs is 1. The zero-order valence-corrected chi connectivity index (χ0v) is 15.5. The van der Waals surface area contributed by atoms with Crippen molar-refractivity contribution in [2.45, 2.75) is 32.6 Å². The molecular weight excluding hydrogens is 356 g/mol. The molecule has 1 atom stereocenters. The van der Waals surface area contributed by atoms with Crippen LogP contribution in [0.3, 0.4) is 0 Å². The third-order valence-electron chi connectivity index (χ3n) is 4.49. The van der Waals surface area contributed by atoms with E-state index in [0.29, 0.717) is 27.3 Å². The Hall–Kier alpha value is -2.03. The van der Waals surface area contributed by atoms with Crippen molar-refractivity contribution in [3.05, 3.63) is 45.3 Å². The third kappa shape index (κ3) is 4.15. The number of anilines is 1. The number of nitriles is 1. The first-order chi connectivity index (χ1) is 12.1. The molecule has 0 bridgehead atoms. The fourth-order valence-electron chi connectivity index (χ4n) is 3.05. The molecule has 1 aliphatic carbocycles. The third-order valence-corrected chi connectivity index (χ3v) is 5.91. The second kappa shape index (κ2) is 7.90. The molecule has 0 spiro atoms. The summed E-state index contributed by atoms with van der Waals surface area (Å²) in [6.45, 7) is 2.10. The van der Waals surface area contributed by atoms with Crippen molar-refractivity contribution in [3.8, 4) is 11.8 Å². The van der Waals surface area contributed by atoms with Gasteiger partial charge in [-0.2, -0.15) is 5.26 Å². The maximum absolute atomic E-state index is 12.2. The summed E-state index contributed by atoms with van der Waals surface area (Å²) in [7, 11) is 0. The van der Waals surface area contributed by atoms with Crippen LogP contribution in [0, 0.1) is 17.2 Å². The Morgan fingerprint density at radius 1 is 1.44 bits per heavy atom. The Morgan fingerprint density at radius 3 is 2.88 bits per heavy atom. The van der Waals surface area contributed by atoms with Crippen LogP contribution in [0.2, 0.25) is 5.02 Å². The largest absolute Gasteiger partial charge is 0.484 e. The van der Waals surface area contributed by atoms with E-state index >= 15 is 0 Å². The predicted molar refractivity (Wildman–Crippen MR) is 100 cm³/mol. The lowest BCUT2D eigenvalue weighted by Crippen LogP contribution is -2.20. The van der Waals surface area contributed by atoms with Gasteiger partial charge in [0.2, 0.25) is 0 Å². The Kier molecular flexibility index (Phi) is 5.62. The standard InChI is InChI=1S/C19H19ClN2O2S/c1-2-12-3-8-15-16(10-21)19(25-17(15)9-12)22-18(23)11-24-14-6-4-13(20)5-7-14/h4-7,12H,2-3,8-9,11H2,1H3,(H,22,23)/t12-/m0/s1. The van der Waals surface area contributed by atoms with Crippen molar-refractivity contribution in [2.75, 3.05) is 11.9 Å². The van der Waals surface area contributed by atoms with Gasteiger partial charge in [0.15, 0.2) is 6.61 Å². The number of hydrogen-bond donors (Lipinski definition) is 1. The molecule has 1 aromatic carbocycles. The Morgan fingerprint density at radius 2 is 2.20 bits per heavy atom. The van der Waals surface area contributed by atoms with Crippen LogP contribution in [0.15, 0.2) is 24.3 Å². The van der Waals surface area contributed by atoms with Crippen LogP contribution in [0.5, 0.6) is 5.75 Å². The SMILES string of the molecule is CC[C@H]1CCc2c(sc(NC(=O)COc3ccc(Cl)cc3)c2C#N)C1. The van der Waals surface area contributed by atoms with Gasteiger partial charge in [-0.1, -0.05) is 24.9 Å². The molecule has 1 aromatic heterocycles. The molecule has 0 saturated carbocycles. The maximum atomic E-state index is 12.2. The van der Waals surface area contributed by atoms with Gasteiger partial charge in [0.1, 0.15) is 16.8 Å². The van der Waals surface area contributed by atoms with Crippen LogP contribution in [0.1, 0.15) is 35.8 Å². The molecule has 6 heteroatoms. The summed E-state index contributed by atoms with van der Waals surface area (Å²) in [6.07, 6.45) is 4.19. The lowest BCUT2D eigenvalue weighted by atomic mass is 9.86. The maximum Gasteiger partial charge on any atom is 0.262 e. The number of ether oxygens (including phenoxy) is 1. The minimum Gasteiger partial charge on any atom is -0.484 e. The van der Waals surface area contributed by atoms with Gasteiger partial charge in [0.25, 0.3) is 5.91 Å². The molecule has 1 aliphatic rings. The van der Waals surface area contributed by atoms with Crippen LogP contribution < -0.4 is 10.1 Å². The highest BCUT2D eigenvalue weighted by Gasteiger charge is 2.25. The van der Waals surface area contributed by atoms with Gasteiger partial charge in [-0.05, 0) is 55.0 Å². The Labute approximate surface area is 156 Å². The average Bonchev–Trinajstić information content (AvgIpc) is 2.97. The molecule has 0 aliphatic heterocycles. The number of rotatable bonds is 5. The number of benzene rings is 1. The second-order valence-electron chi connectivity index (χ2n) is 6.13. The number of thiophene rings is 1. The van der Waals surface area contributed by atoms with Gasteiger partial charge in [-0.25, -0.2) is 0 Å². The minimum atomic E-state index is -0.267. The number of hydrogen-bond acceptors (Lipinski definition) is 4. The van der Waals surface area contributed by atoms with E-state index < -0.39 is 0 Å². The monoisotopic (exact) mass is 374 g/mol. The minimum absolute atomic E-state index is 0.105. The van der Waals surface area contributed by atoms with Gasteiger partial charge in [0.05, 0.1) is 5.56 Å². The van der Waals surface area contributed by atoms with E-state index in [1.165, 1.54) is 16.2 Å². The molecule has 0 saturated heterocycles. The summed E-state index contributed by atoms with van der Waals surface area (Å²) in [5.41, 5.74) is 1.74. The van der Waals surface area contributed by atoms with E-state index in [2.05, 4.69) is 18.3 Å². The van der Waals surface area contributed by atoms with E-state index in [9.17, 15) is 10.1 Å². The summed E-state index contributed by atoms with van der Waals surface area (Å²) >= 11 is 7.35. The summed E-state index contributed by atoms with van der Waals surface area (Å²) in [6, 6.07) is 9.11. The quantitative estimate of drug-likeness (QED) is 0.817. The molecule has 4 nitrogen and oxygen atoms in total. The van der Waals surface area contributed by atoms with Gasteiger partial charge < -0.3 is 10.1 Å². The zero-order valence-electron chi connectivity index (χ0n) is 14.0. The average molecular weight is 375 g/mol. The first kappa shape index (κ1) is 17.8. The lowest BCUT2D eigenvalue weighted by molar-refractivity contribution is -0.118. The van der Waals surface area contributed by atoms with Crippen molar-refractivity contribution in [1.29, 1.82) is 5.26 Å². The zero-order chi connectivity index (χ0) is 17.8. The van der Waals surface area contributed by atoms with E-state index in [1.807, 2.05) is 0 Å². The molecule has 1 N–H and O–H groups in total. The molecule has 0 radical (unpaired) electrons. The van der Waals surface area contributed by atoms with Crippen LogP contribution >= 0.6 is 22.9 Å². The fourth-order valence-corrected chi connectivity index (χ4v) is 4.51. The smallest absolute Gasteiger partial charge is 0.262 e. The molecule has 3 rings (SSSR count). The van der Waals surface area contributed by atoms with Crippen molar-refractivity contribution >= 4 is 33.8 Å². The van der Waals surface area contributed by atoms with E-state index in [0.717, 1.165) is 31.2 Å². The number of nitrogens with zero attached hydrogens (tertiary/aromatic N) is 1. The molecular formula is C19H19ClN2O2S. The summed E-state index contributed by atoms with van der Waals surface area (Å²) in [4.78, 5) is 13.4. The molecule has 130 valence electrons. The van der Waals surface area contributed by atoms with Gasteiger partial charge in [-0.3, -0.25) is 4.79 Å².